The van der Waals surface area contributed by atoms with Gasteiger partial charge in [0.05, 0.1) is 12.3 Å². The Kier molecular flexibility index (Phi) is 5.60. The summed E-state index contributed by atoms with van der Waals surface area (Å²) in [4.78, 5) is 8.42. The summed E-state index contributed by atoms with van der Waals surface area (Å²) in [7, 11) is 3.90. The Balaban J connectivity index is 2.04. The van der Waals surface area contributed by atoms with Gasteiger partial charge in [0.1, 0.15) is 0 Å². The topological polar surface area (TPSA) is 37.4 Å². The van der Waals surface area contributed by atoms with E-state index < -0.39 is 0 Å². The monoisotopic (exact) mass is 283 g/mol. The van der Waals surface area contributed by atoms with Crippen molar-refractivity contribution in [1.29, 1.82) is 0 Å². The molecular weight excluding hydrogens is 258 g/mol. The van der Waals surface area contributed by atoms with Gasteiger partial charge in [0, 0.05) is 31.6 Å². The zero-order valence-electron chi connectivity index (χ0n) is 12.2. The zero-order chi connectivity index (χ0) is 13.7. The Hall–Kier alpha value is -0.650. The molecule has 0 unspecified atom stereocenters. The third-order valence-corrected chi connectivity index (χ3v) is 4.87. The van der Waals surface area contributed by atoms with Gasteiger partial charge in [-0.25, -0.2) is 4.98 Å². The summed E-state index contributed by atoms with van der Waals surface area (Å²) in [6, 6.07) is 0.693. The van der Waals surface area contributed by atoms with Gasteiger partial charge in [-0.3, -0.25) is 0 Å². The van der Waals surface area contributed by atoms with Crippen molar-refractivity contribution < 1.29 is 4.74 Å². The maximum Gasteiger partial charge on any atom is 0.185 e. The molecule has 1 fully saturated rings. The average Bonchev–Trinajstić information content (AvgIpc) is 2.71. The number of hydrogen-bond donors (Lipinski definition) is 1. The van der Waals surface area contributed by atoms with Gasteiger partial charge in [-0.1, -0.05) is 6.92 Å². The Morgan fingerprint density at radius 2 is 2.26 bits per heavy atom. The van der Waals surface area contributed by atoms with Crippen LogP contribution in [0.4, 0.5) is 5.13 Å². The number of anilines is 1. The predicted octanol–water partition coefficient (Wildman–Crippen LogP) is 2.78. The summed E-state index contributed by atoms with van der Waals surface area (Å²) in [6.45, 7) is 4.75. The number of rotatable bonds is 8. The molecule has 0 radical (unpaired) electrons. The maximum atomic E-state index is 5.27. The molecule has 4 nitrogen and oxygen atoms in total. The molecule has 1 heterocycles. The van der Waals surface area contributed by atoms with Crippen molar-refractivity contribution in [3.05, 3.63) is 10.6 Å². The van der Waals surface area contributed by atoms with Crippen LogP contribution >= 0.6 is 11.3 Å². The molecule has 1 aliphatic carbocycles. The van der Waals surface area contributed by atoms with Gasteiger partial charge >= 0.3 is 0 Å². The Labute approximate surface area is 120 Å². The fraction of sp³-hybridized carbons (Fsp3) is 0.786. The first kappa shape index (κ1) is 14.8. The second kappa shape index (κ2) is 7.22. The minimum absolute atomic E-state index is 0.609. The minimum atomic E-state index is 0.609. The summed E-state index contributed by atoms with van der Waals surface area (Å²) in [5, 5.41) is 4.60. The third-order valence-electron chi connectivity index (χ3n) is 3.68. The van der Waals surface area contributed by atoms with Gasteiger partial charge in [-0.2, -0.15) is 0 Å². The number of aromatic nitrogens is 1. The van der Waals surface area contributed by atoms with Crippen LogP contribution in [0, 0.1) is 0 Å². The van der Waals surface area contributed by atoms with Crippen molar-refractivity contribution in [2.24, 2.45) is 0 Å². The van der Waals surface area contributed by atoms with Gasteiger partial charge in [-0.15, -0.1) is 11.3 Å². The molecule has 0 atom stereocenters. The number of nitrogens with one attached hydrogen (secondary N) is 1. The highest BCUT2D eigenvalue weighted by atomic mass is 32.1. The van der Waals surface area contributed by atoms with Crippen LogP contribution in [-0.4, -0.2) is 31.7 Å². The van der Waals surface area contributed by atoms with Crippen molar-refractivity contribution >= 4 is 16.5 Å². The SMILES string of the molecule is CCCNCc1sc(N(C)C2CCC2)nc1COC. The molecule has 19 heavy (non-hydrogen) atoms. The number of nitrogens with zero attached hydrogens (tertiary/aromatic N) is 2. The lowest BCUT2D eigenvalue weighted by Crippen LogP contribution is -2.37. The normalized spacial score (nSPS) is 15.5. The van der Waals surface area contributed by atoms with Crippen molar-refractivity contribution in [2.45, 2.75) is 51.8 Å². The summed E-state index contributed by atoms with van der Waals surface area (Å²) >= 11 is 1.81. The molecule has 0 aromatic carbocycles. The summed E-state index contributed by atoms with van der Waals surface area (Å²) in [6.07, 6.45) is 5.13. The van der Waals surface area contributed by atoms with Gasteiger partial charge in [-0.05, 0) is 32.2 Å². The standard InChI is InChI=1S/C14H25N3OS/c1-4-8-15-9-13-12(10-18-3)16-14(19-13)17(2)11-6-5-7-11/h11,15H,4-10H2,1-3H3. The number of thiazole rings is 1. The Morgan fingerprint density at radius 3 is 2.84 bits per heavy atom. The minimum Gasteiger partial charge on any atom is -0.378 e. The first-order chi connectivity index (χ1) is 9.26. The van der Waals surface area contributed by atoms with E-state index in [1.807, 2.05) is 11.3 Å². The highest BCUT2D eigenvalue weighted by molar-refractivity contribution is 7.15. The first-order valence-corrected chi connectivity index (χ1v) is 7.99. The Morgan fingerprint density at radius 1 is 1.47 bits per heavy atom. The van der Waals surface area contributed by atoms with Gasteiger partial charge < -0.3 is 15.0 Å². The van der Waals surface area contributed by atoms with Crippen molar-refractivity contribution in [2.75, 3.05) is 25.6 Å². The lowest BCUT2D eigenvalue weighted by Gasteiger charge is -2.34. The van der Waals surface area contributed by atoms with E-state index in [0.29, 0.717) is 12.6 Å². The van der Waals surface area contributed by atoms with Gasteiger partial charge in [0.2, 0.25) is 0 Å². The van der Waals surface area contributed by atoms with Crippen molar-refractivity contribution in [1.82, 2.24) is 10.3 Å². The van der Waals surface area contributed by atoms with E-state index in [2.05, 4.69) is 24.2 Å². The van der Waals surface area contributed by atoms with E-state index in [0.717, 1.165) is 30.3 Å². The average molecular weight is 283 g/mol. The molecular formula is C14H25N3OS. The lowest BCUT2D eigenvalue weighted by molar-refractivity contribution is 0.181. The summed E-state index contributed by atoms with van der Waals surface area (Å²) in [5.41, 5.74) is 1.09. The van der Waals surface area contributed by atoms with Crippen LogP contribution in [0.1, 0.15) is 43.2 Å². The Bertz CT molecular complexity index is 390. The third kappa shape index (κ3) is 3.68. The maximum absolute atomic E-state index is 5.27. The molecule has 0 amide bonds. The van der Waals surface area contributed by atoms with E-state index in [4.69, 9.17) is 9.72 Å². The highest BCUT2D eigenvalue weighted by Crippen LogP contribution is 2.32. The second-order valence-corrected chi connectivity index (χ2v) is 6.23. The number of methoxy groups -OCH3 is 1. The smallest absolute Gasteiger partial charge is 0.185 e. The predicted molar refractivity (Wildman–Crippen MR) is 80.9 cm³/mol. The van der Waals surface area contributed by atoms with E-state index in [9.17, 15) is 0 Å². The largest absolute Gasteiger partial charge is 0.378 e. The molecule has 1 aromatic heterocycles. The molecule has 0 saturated heterocycles. The molecule has 1 N–H and O–H groups in total. The fourth-order valence-corrected chi connectivity index (χ4v) is 3.28. The van der Waals surface area contributed by atoms with Gasteiger partial charge in [0.15, 0.2) is 5.13 Å². The first-order valence-electron chi connectivity index (χ1n) is 7.17. The van der Waals surface area contributed by atoms with Crippen LogP contribution < -0.4 is 10.2 Å². The number of hydrogen-bond acceptors (Lipinski definition) is 5. The molecule has 1 aromatic rings. The zero-order valence-corrected chi connectivity index (χ0v) is 13.1. The van der Waals surface area contributed by atoms with Crippen molar-refractivity contribution in [3.8, 4) is 0 Å². The lowest BCUT2D eigenvalue weighted by atomic mass is 9.92. The van der Waals surface area contributed by atoms with Crippen LogP contribution in [0.2, 0.25) is 0 Å². The molecule has 1 aliphatic rings. The summed E-state index contributed by atoms with van der Waals surface area (Å²) < 4.78 is 5.27. The molecule has 0 aliphatic heterocycles. The molecule has 108 valence electrons. The highest BCUT2D eigenvalue weighted by Gasteiger charge is 2.25. The van der Waals surface area contributed by atoms with Gasteiger partial charge in [0.25, 0.3) is 0 Å². The van der Waals surface area contributed by atoms with Crippen LogP contribution in [0.5, 0.6) is 0 Å². The second-order valence-electron chi connectivity index (χ2n) is 5.17. The molecule has 0 spiro atoms. The molecule has 5 heteroatoms. The van der Waals surface area contributed by atoms with Crippen LogP contribution in [0.15, 0.2) is 0 Å². The molecule has 0 bridgehead atoms. The quantitative estimate of drug-likeness (QED) is 0.744. The van der Waals surface area contributed by atoms with E-state index >= 15 is 0 Å². The fourth-order valence-electron chi connectivity index (χ4n) is 2.22. The number of ether oxygens (including phenoxy) is 1. The van der Waals surface area contributed by atoms with E-state index in [1.54, 1.807) is 7.11 Å². The molecule has 1 saturated carbocycles. The van der Waals surface area contributed by atoms with Crippen LogP contribution in [0.3, 0.4) is 0 Å². The van der Waals surface area contributed by atoms with Crippen LogP contribution in [0.25, 0.3) is 0 Å². The summed E-state index contributed by atoms with van der Waals surface area (Å²) in [5.74, 6) is 0. The molecule has 2 rings (SSSR count). The van der Waals surface area contributed by atoms with Crippen LogP contribution in [-0.2, 0) is 17.9 Å². The van der Waals surface area contributed by atoms with E-state index in [1.165, 1.54) is 24.1 Å². The van der Waals surface area contributed by atoms with E-state index in [-0.39, 0.29) is 0 Å². The van der Waals surface area contributed by atoms with Crippen molar-refractivity contribution in [3.63, 3.8) is 0 Å².